The lowest BCUT2D eigenvalue weighted by Crippen LogP contribution is -2.52. The van der Waals surface area contributed by atoms with Crippen molar-refractivity contribution in [3.05, 3.63) is 0 Å². The average molecular weight is 414 g/mol. The highest BCUT2D eigenvalue weighted by Crippen LogP contribution is 2.13. The monoisotopic (exact) mass is 413 g/mol. The van der Waals surface area contributed by atoms with Gasteiger partial charge < -0.3 is 14.9 Å². The number of unbranched alkanes of at least 4 members (excludes halogenated alkanes) is 12. The van der Waals surface area contributed by atoms with Gasteiger partial charge in [-0.05, 0) is 20.3 Å². The largest absolute Gasteiger partial charge is 0.396 e. The summed E-state index contributed by atoms with van der Waals surface area (Å²) in [5.41, 5.74) is 0. The third kappa shape index (κ3) is 16.8. The number of likely N-dealkylation sites (N-methyl/N-ethyl adjacent to an activating group) is 1. The maximum atomic E-state index is 12.1. The van der Waals surface area contributed by atoms with E-state index in [4.69, 9.17) is 5.11 Å². The molecule has 0 bridgehead atoms. The minimum absolute atomic E-state index is 0.209. The number of hydrogen-bond acceptors (Lipinski definition) is 2. The lowest BCUT2D eigenvalue weighted by atomic mass is 10.0. The summed E-state index contributed by atoms with van der Waals surface area (Å²) in [6.45, 7) is 11.8. The van der Waals surface area contributed by atoms with E-state index >= 15 is 0 Å². The van der Waals surface area contributed by atoms with E-state index in [1.807, 2.05) is 0 Å². The van der Waals surface area contributed by atoms with Crippen LogP contribution in [0, 0.1) is 0 Å². The molecule has 0 rings (SSSR count). The van der Waals surface area contributed by atoms with E-state index in [0.717, 1.165) is 50.0 Å². The second kappa shape index (κ2) is 20.7. The van der Waals surface area contributed by atoms with Crippen molar-refractivity contribution in [1.29, 1.82) is 0 Å². The quantitative estimate of drug-likeness (QED) is 0.173. The number of hydrogen-bond donors (Lipinski definition) is 2. The molecule has 0 aliphatic carbocycles. The van der Waals surface area contributed by atoms with Crippen molar-refractivity contribution in [2.45, 2.75) is 117 Å². The standard InChI is InChI=1S/C25H52N2O2/c1-4-7-8-9-10-11-12-13-14-15-16-17-18-20-25(29)26-21-23-27(5-2,6-3)22-19-24-28/h28H,4-24H2,1-3H3/p+1. The Labute approximate surface area is 182 Å². The van der Waals surface area contributed by atoms with Crippen LogP contribution in [0.5, 0.6) is 0 Å². The first-order valence-electron chi connectivity index (χ1n) is 12.9. The molecule has 0 saturated heterocycles. The molecule has 0 aliphatic heterocycles. The maximum Gasteiger partial charge on any atom is 0.220 e. The van der Waals surface area contributed by atoms with Crippen LogP contribution >= 0.6 is 0 Å². The predicted octanol–water partition coefficient (Wildman–Crippen LogP) is 5.82. The Morgan fingerprint density at radius 2 is 1.17 bits per heavy atom. The molecule has 1 amide bonds. The molecule has 0 saturated carbocycles. The van der Waals surface area contributed by atoms with Gasteiger partial charge in [0.2, 0.25) is 5.91 Å². The molecule has 0 radical (unpaired) electrons. The van der Waals surface area contributed by atoms with E-state index in [-0.39, 0.29) is 12.5 Å². The van der Waals surface area contributed by atoms with E-state index in [1.54, 1.807) is 0 Å². The van der Waals surface area contributed by atoms with Crippen LogP contribution in [0.1, 0.15) is 117 Å². The molecule has 29 heavy (non-hydrogen) atoms. The number of quaternary nitrogens is 1. The molecular formula is C25H53N2O2+. The average Bonchev–Trinajstić information content (AvgIpc) is 2.74. The number of aliphatic hydroxyl groups excluding tert-OH is 1. The van der Waals surface area contributed by atoms with Crippen molar-refractivity contribution < 1.29 is 14.4 Å². The smallest absolute Gasteiger partial charge is 0.220 e. The van der Waals surface area contributed by atoms with Gasteiger partial charge in [0, 0.05) is 19.4 Å². The van der Waals surface area contributed by atoms with Crippen molar-refractivity contribution in [3.63, 3.8) is 0 Å². The Hall–Kier alpha value is -0.610. The number of nitrogens with zero attached hydrogens (tertiary/aromatic N) is 1. The molecular weight excluding hydrogens is 360 g/mol. The Morgan fingerprint density at radius 1 is 0.690 bits per heavy atom. The molecule has 174 valence electrons. The van der Waals surface area contributed by atoms with Crippen LogP contribution in [0.15, 0.2) is 0 Å². The zero-order chi connectivity index (χ0) is 21.6. The van der Waals surface area contributed by atoms with E-state index in [2.05, 4.69) is 26.1 Å². The molecule has 0 aromatic rings. The van der Waals surface area contributed by atoms with E-state index in [9.17, 15) is 4.79 Å². The molecule has 0 fully saturated rings. The zero-order valence-corrected chi connectivity index (χ0v) is 20.2. The number of carbonyl (C=O) groups excluding carboxylic acids is 1. The Kier molecular flexibility index (Phi) is 20.2. The van der Waals surface area contributed by atoms with Crippen molar-refractivity contribution in [2.24, 2.45) is 0 Å². The molecule has 4 nitrogen and oxygen atoms in total. The van der Waals surface area contributed by atoms with E-state index in [1.165, 1.54) is 77.0 Å². The van der Waals surface area contributed by atoms with Gasteiger partial charge in [-0.15, -0.1) is 0 Å². The SMILES string of the molecule is CCCCCCCCCCCCCCCC(=O)NCC[N+](CC)(CC)CCCO. The van der Waals surface area contributed by atoms with Crippen LogP contribution in [0.2, 0.25) is 0 Å². The van der Waals surface area contributed by atoms with Gasteiger partial charge >= 0.3 is 0 Å². The number of carbonyl (C=O) groups is 1. The Morgan fingerprint density at radius 3 is 1.62 bits per heavy atom. The second-order valence-electron chi connectivity index (χ2n) is 8.84. The summed E-state index contributed by atoms with van der Waals surface area (Å²) in [5, 5.41) is 12.2. The molecule has 0 aromatic carbocycles. The van der Waals surface area contributed by atoms with Crippen molar-refractivity contribution in [3.8, 4) is 0 Å². The molecule has 0 aromatic heterocycles. The van der Waals surface area contributed by atoms with Gasteiger partial charge in [0.25, 0.3) is 0 Å². The van der Waals surface area contributed by atoms with Crippen LogP contribution in [0.3, 0.4) is 0 Å². The summed E-state index contributed by atoms with van der Waals surface area (Å²) in [6.07, 6.45) is 18.9. The normalized spacial score (nSPS) is 11.7. The fourth-order valence-corrected chi connectivity index (χ4v) is 4.20. The first-order chi connectivity index (χ1) is 14.1. The molecule has 4 heteroatoms. The summed E-state index contributed by atoms with van der Waals surface area (Å²) in [6, 6.07) is 0. The summed E-state index contributed by atoms with van der Waals surface area (Å²) in [4.78, 5) is 12.1. The molecule has 0 atom stereocenters. The third-order valence-electron chi connectivity index (χ3n) is 6.55. The van der Waals surface area contributed by atoms with Gasteiger partial charge in [-0.1, -0.05) is 84.0 Å². The van der Waals surface area contributed by atoms with Gasteiger partial charge in [-0.3, -0.25) is 4.79 Å². The highest BCUT2D eigenvalue weighted by Gasteiger charge is 2.22. The van der Waals surface area contributed by atoms with Crippen LogP contribution in [0.4, 0.5) is 0 Å². The fourth-order valence-electron chi connectivity index (χ4n) is 4.20. The lowest BCUT2D eigenvalue weighted by molar-refractivity contribution is -0.924. The molecule has 0 unspecified atom stereocenters. The minimum atomic E-state index is 0.209. The fraction of sp³-hybridized carbons (Fsp3) is 0.960. The second-order valence-corrected chi connectivity index (χ2v) is 8.84. The maximum absolute atomic E-state index is 12.1. The number of nitrogens with one attached hydrogen (secondary N) is 1. The number of rotatable bonds is 22. The van der Waals surface area contributed by atoms with Crippen LogP contribution < -0.4 is 5.32 Å². The van der Waals surface area contributed by atoms with Gasteiger partial charge in [0.1, 0.15) is 0 Å². The number of aliphatic hydroxyl groups is 1. The highest BCUT2D eigenvalue weighted by molar-refractivity contribution is 5.75. The van der Waals surface area contributed by atoms with Crippen LogP contribution in [0.25, 0.3) is 0 Å². The number of amides is 1. The summed E-state index contributed by atoms with van der Waals surface area (Å²) >= 11 is 0. The van der Waals surface area contributed by atoms with E-state index in [0.29, 0.717) is 6.42 Å². The molecule has 0 spiro atoms. The molecule has 0 aliphatic rings. The van der Waals surface area contributed by atoms with Crippen molar-refractivity contribution in [2.75, 3.05) is 39.3 Å². The summed E-state index contributed by atoms with van der Waals surface area (Å²) in [5.74, 6) is 0.209. The van der Waals surface area contributed by atoms with Gasteiger partial charge in [0.05, 0.1) is 32.7 Å². The first-order valence-corrected chi connectivity index (χ1v) is 12.9. The minimum Gasteiger partial charge on any atom is -0.396 e. The van der Waals surface area contributed by atoms with Crippen molar-refractivity contribution >= 4 is 5.91 Å². The third-order valence-corrected chi connectivity index (χ3v) is 6.55. The Balaban J connectivity index is 3.51. The van der Waals surface area contributed by atoms with Gasteiger partial charge in [-0.25, -0.2) is 0 Å². The van der Waals surface area contributed by atoms with Crippen LogP contribution in [-0.2, 0) is 4.79 Å². The van der Waals surface area contributed by atoms with Crippen LogP contribution in [-0.4, -0.2) is 54.8 Å². The topological polar surface area (TPSA) is 49.3 Å². The lowest BCUT2D eigenvalue weighted by Gasteiger charge is -2.37. The summed E-state index contributed by atoms with van der Waals surface area (Å²) < 4.78 is 0.986. The molecule has 0 heterocycles. The Bertz CT molecular complexity index is 357. The summed E-state index contributed by atoms with van der Waals surface area (Å²) in [7, 11) is 0. The van der Waals surface area contributed by atoms with E-state index < -0.39 is 0 Å². The van der Waals surface area contributed by atoms with Crippen molar-refractivity contribution in [1.82, 2.24) is 5.32 Å². The predicted molar refractivity (Wildman–Crippen MR) is 126 cm³/mol. The molecule has 2 N–H and O–H groups in total. The van der Waals surface area contributed by atoms with Gasteiger partial charge in [-0.2, -0.15) is 0 Å². The van der Waals surface area contributed by atoms with Gasteiger partial charge in [0.15, 0.2) is 0 Å². The zero-order valence-electron chi connectivity index (χ0n) is 20.2. The highest BCUT2D eigenvalue weighted by atomic mass is 16.3. The first kappa shape index (κ1) is 28.4.